The first-order chi connectivity index (χ1) is 15.0. The molecule has 6 nitrogen and oxygen atoms in total. The summed E-state index contributed by atoms with van der Waals surface area (Å²) in [5.74, 6) is 0.234. The van der Waals surface area contributed by atoms with E-state index in [4.69, 9.17) is 0 Å². The maximum Gasteiger partial charge on any atom is 0.243 e. The Bertz CT molecular complexity index is 1060. The Balaban J connectivity index is 1.39. The normalized spacial score (nSPS) is 21.4. The number of carbonyl (C=O) groups excluding carboxylic acids is 1. The third-order valence-electron chi connectivity index (χ3n) is 6.84. The minimum Gasteiger partial charge on any atom is -0.349 e. The molecule has 3 aliphatic rings. The Labute approximate surface area is 184 Å². The molecule has 1 atom stereocenters. The molecule has 7 heteroatoms. The average Bonchev–Trinajstić information content (AvgIpc) is 3.30. The van der Waals surface area contributed by atoms with Crippen LogP contribution in [0.15, 0.2) is 47.5 Å². The van der Waals surface area contributed by atoms with E-state index in [0.29, 0.717) is 4.90 Å². The summed E-state index contributed by atoms with van der Waals surface area (Å²) in [4.78, 5) is 17.3. The summed E-state index contributed by atoms with van der Waals surface area (Å²) in [6.45, 7) is 0.284. The molecule has 1 N–H and O–H groups in total. The van der Waals surface area contributed by atoms with Gasteiger partial charge in [-0.1, -0.05) is 25.0 Å². The van der Waals surface area contributed by atoms with E-state index in [1.54, 1.807) is 22.6 Å². The van der Waals surface area contributed by atoms with Crippen LogP contribution in [0.4, 0.5) is 0 Å². The van der Waals surface area contributed by atoms with Gasteiger partial charge >= 0.3 is 0 Å². The highest BCUT2D eigenvalue weighted by atomic mass is 32.2. The second-order valence-electron chi connectivity index (χ2n) is 9.04. The minimum absolute atomic E-state index is 0.0399. The zero-order valence-electron chi connectivity index (χ0n) is 17.7. The first-order valence-electron chi connectivity index (χ1n) is 11.4. The first-order valence-corrected chi connectivity index (χ1v) is 12.8. The SMILES string of the molecule is O=C(N[C@H]1CCc2ccc(S(=O)(=O)N(Cc3ccccn3)C3CC3)cc21)C1CCCC1. The van der Waals surface area contributed by atoms with E-state index < -0.39 is 10.0 Å². The average molecular weight is 440 g/mol. The van der Waals surface area contributed by atoms with E-state index >= 15 is 0 Å². The molecule has 164 valence electrons. The van der Waals surface area contributed by atoms with Crippen molar-refractivity contribution in [2.24, 2.45) is 5.92 Å². The van der Waals surface area contributed by atoms with Crippen LogP contribution in [0.1, 0.15) is 67.8 Å². The Morgan fingerprint density at radius 1 is 1.06 bits per heavy atom. The molecule has 5 rings (SSSR count). The van der Waals surface area contributed by atoms with Crippen molar-refractivity contribution >= 4 is 15.9 Å². The van der Waals surface area contributed by atoms with Gasteiger partial charge in [0, 0.05) is 18.2 Å². The summed E-state index contributed by atoms with van der Waals surface area (Å²) in [5, 5.41) is 3.20. The minimum atomic E-state index is -3.64. The number of aryl methyl sites for hydroxylation is 1. The molecule has 0 bridgehead atoms. The summed E-state index contributed by atoms with van der Waals surface area (Å²) in [7, 11) is -3.64. The van der Waals surface area contributed by atoms with E-state index in [-0.39, 0.29) is 30.5 Å². The van der Waals surface area contributed by atoms with Crippen LogP contribution in [-0.2, 0) is 27.8 Å². The smallest absolute Gasteiger partial charge is 0.243 e. The number of fused-ring (bicyclic) bond motifs is 1. The molecular weight excluding hydrogens is 410 g/mol. The third kappa shape index (κ3) is 4.26. The summed E-state index contributed by atoms with van der Waals surface area (Å²) in [6.07, 6.45) is 9.33. The van der Waals surface area contributed by atoms with Gasteiger partial charge in [-0.15, -0.1) is 0 Å². The quantitative estimate of drug-likeness (QED) is 0.713. The molecule has 2 fully saturated rings. The third-order valence-corrected chi connectivity index (χ3v) is 8.74. The maximum atomic E-state index is 13.6. The molecule has 2 aromatic rings. The number of aromatic nitrogens is 1. The summed E-state index contributed by atoms with van der Waals surface area (Å²) in [6, 6.07) is 11.0. The van der Waals surface area contributed by atoms with E-state index in [2.05, 4.69) is 10.3 Å². The zero-order valence-corrected chi connectivity index (χ0v) is 18.5. The Morgan fingerprint density at radius 3 is 2.58 bits per heavy atom. The number of sulfonamides is 1. The zero-order chi connectivity index (χ0) is 21.4. The molecule has 31 heavy (non-hydrogen) atoms. The molecule has 2 saturated carbocycles. The maximum absolute atomic E-state index is 13.6. The Morgan fingerprint density at radius 2 is 1.87 bits per heavy atom. The van der Waals surface area contributed by atoms with Gasteiger partial charge in [-0.3, -0.25) is 9.78 Å². The van der Waals surface area contributed by atoms with Crippen LogP contribution in [-0.4, -0.2) is 29.7 Å². The van der Waals surface area contributed by atoms with Crippen molar-refractivity contribution in [3.05, 3.63) is 59.4 Å². The van der Waals surface area contributed by atoms with E-state index in [1.807, 2.05) is 24.3 Å². The Hall–Kier alpha value is -2.25. The van der Waals surface area contributed by atoms with Gasteiger partial charge in [0.1, 0.15) is 0 Å². The molecule has 0 saturated heterocycles. The van der Waals surface area contributed by atoms with Crippen molar-refractivity contribution in [1.82, 2.24) is 14.6 Å². The lowest BCUT2D eigenvalue weighted by Crippen LogP contribution is -2.33. The standard InChI is InChI=1S/C24H29N3O3S/c28-24(18-5-1-2-6-18)26-23-13-9-17-8-12-21(15-22(17)23)31(29,30)27(20-10-11-20)16-19-7-3-4-14-25-19/h3-4,7-8,12,14-15,18,20,23H,1-2,5-6,9-11,13,16H2,(H,26,28)/t23-/m0/s1. The number of hydrogen-bond acceptors (Lipinski definition) is 4. The van der Waals surface area contributed by atoms with E-state index in [0.717, 1.165) is 68.2 Å². The second kappa shape index (κ2) is 8.36. The Kier molecular flexibility index (Phi) is 5.56. The predicted octanol–water partition coefficient (Wildman–Crippen LogP) is 3.73. The van der Waals surface area contributed by atoms with Crippen LogP contribution in [0.3, 0.4) is 0 Å². The van der Waals surface area contributed by atoms with Gasteiger partial charge in [-0.05, 0) is 73.9 Å². The van der Waals surface area contributed by atoms with Crippen LogP contribution >= 0.6 is 0 Å². The largest absolute Gasteiger partial charge is 0.349 e. The molecule has 0 radical (unpaired) electrons. The summed E-state index contributed by atoms with van der Waals surface area (Å²) in [5.41, 5.74) is 2.85. The van der Waals surface area contributed by atoms with Crippen LogP contribution < -0.4 is 5.32 Å². The van der Waals surface area contributed by atoms with Crippen LogP contribution in [0.25, 0.3) is 0 Å². The van der Waals surface area contributed by atoms with Crippen molar-refractivity contribution in [1.29, 1.82) is 0 Å². The fourth-order valence-corrected chi connectivity index (χ4v) is 6.62. The highest BCUT2D eigenvalue weighted by Gasteiger charge is 2.39. The predicted molar refractivity (Wildman–Crippen MR) is 118 cm³/mol. The second-order valence-corrected chi connectivity index (χ2v) is 10.9. The molecule has 0 aliphatic heterocycles. The molecule has 0 unspecified atom stereocenters. The highest BCUT2D eigenvalue weighted by molar-refractivity contribution is 7.89. The number of hydrogen-bond donors (Lipinski definition) is 1. The van der Waals surface area contributed by atoms with Crippen LogP contribution in [0.2, 0.25) is 0 Å². The number of rotatable bonds is 7. The molecular formula is C24H29N3O3S. The number of benzene rings is 1. The topological polar surface area (TPSA) is 79.4 Å². The fourth-order valence-electron chi connectivity index (χ4n) is 4.93. The van der Waals surface area contributed by atoms with Crippen LogP contribution in [0, 0.1) is 5.92 Å². The van der Waals surface area contributed by atoms with Crippen molar-refractivity contribution in [3.63, 3.8) is 0 Å². The lowest BCUT2D eigenvalue weighted by molar-refractivity contribution is -0.125. The molecule has 1 aromatic heterocycles. The molecule has 1 aromatic carbocycles. The number of nitrogens with one attached hydrogen (secondary N) is 1. The highest BCUT2D eigenvalue weighted by Crippen LogP contribution is 2.37. The number of pyridine rings is 1. The van der Waals surface area contributed by atoms with Gasteiger partial charge in [0.2, 0.25) is 15.9 Å². The fraction of sp³-hybridized carbons (Fsp3) is 0.500. The molecule has 1 heterocycles. The van der Waals surface area contributed by atoms with Crippen molar-refractivity contribution in [3.8, 4) is 0 Å². The number of nitrogens with zero attached hydrogens (tertiary/aromatic N) is 2. The van der Waals surface area contributed by atoms with Gasteiger partial charge in [0.15, 0.2) is 0 Å². The van der Waals surface area contributed by atoms with Crippen LogP contribution in [0.5, 0.6) is 0 Å². The molecule has 0 spiro atoms. The molecule has 3 aliphatic carbocycles. The van der Waals surface area contributed by atoms with Gasteiger partial charge < -0.3 is 5.32 Å². The van der Waals surface area contributed by atoms with Gasteiger partial charge in [0.05, 0.1) is 23.2 Å². The van der Waals surface area contributed by atoms with Crippen molar-refractivity contribution in [2.45, 2.75) is 74.9 Å². The van der Waals surface area contributed by atoms with E-state index in [9.17, 15) is 13.2 Å². The van der Waals surface area contributed by atoms with Gasteiger partial charge in [0.25, 0.3) is 0 Å². The summed E-state index contributed by atoms with van der Waals surface area (Å²) < 4.78 is 28.7. The molecule has 1 amide bonds. The van der Waals surface area contributed by atoms with Gasteiger partial charge in [-0.25, -0.2) is 8.42 Å². The van der Waals surface area contributed by atoms with Crippen molar-refractivity contribution < 1.29 is 13.2 Å². The lowest BCUT2D eigenvalue weighted by atomic mass is 10.0. The summed E-state index contributed by atoms with van der Waals surface area (Å²) >= 11 is 0. The first kappa shape index (κ1) is 20.6. The van der Waals surface area contributed by atoms with Gasteiger partial charge in [-0.2, -0.15) is 4.31 Å². The van der Waals surface area contributed by atoms with E-state index in [1.165, 1.54) is 0 Å². The number of amides is 1. The number of carbonyl (C=O) groups is 1. The monoisotopic (exact) mass is 439 g/mol. The lowest BCUT2D eigenvalue weighted by Gasteiger charge is -2.23. The van der Waals surface area contributed by atoms with Crippen molar-refractivity contribution in [2.75, 3.05) is 0 Å².